The van der Waals surface area contributed by atoms with E-state index in [0.717, 1.165) is 45.6 Å². The predicted octanol–water partition coefficient (Wildman–Crippen LogP) is 3.40. The summed E-state index contributed by atoms with van der Waals surface area (Å²) in [6.07, 6.45) is 4.69. The number of rotatable bonds is 5. The number of nitrogens with zero attached hydrogens (tertiary/aromatic N) is 3. The van der Waals surface area contributed by atoms with Gasteiger partial charge >= 0.3 is 0 Å². The zero-order valence-electron chi connectivity index (χ0n) is 18.2. The van der Waals surface area contributed by atoms with E-state index in [2.05, 4.69) is 42.0 Å². The maximum absolute atomic E-state index is 12.9. The Labute approximate surface area is 176 Å². The lowest BCUT2D eigenvalue weighted by Gasteiger charge is -2.36. The Bertz CT molecular complexity index is 711. The van der Waals surface area contributed by atoms with E-state index in [1.807, 2.05) is 24.3 Å². The molecular formula is C24H36N4O. The van der Waals surface area contributed by atoms with Crippen LogP contribution in [0.15, 0.2) is 24.3 Å². The molecule has 4 unspecified atom stereocenters. The lowest BCUT2D eigenvalue weighted by Crippen LogP contribution is -2.52. The van der Waals surface area contributed by atoms with Gasteiger partial charge in [-0.15, -0.1) is 0 Å². The van der Waals surface area contributed by atoms with Crippen molar-refractivity contribution in [3.8, 4) is 6.07 Å². The summed E-state index contributed by atoms with van der Waals surface area (Å²) in [6.45, 7) is 11.4. The second kappa shape index (κ2) is 10.2. The average Bonchev–Trinajstić information content (AvgIpc) is 2.97. The van der Waals surface area contributed by atoms with E-state index in [-0.39, 0.29) is 11.9 Å². The number of hydrogen-bond acceptors (Lipinski definition) is 4. The van der Waals surface area contributed by atoms with E-state index in [9.17, 15) is 4.79 Å². The van der Waals surface area contributed by atoms with Gasteiger partial charge < -0.3 is 5.32 Å². The fraction of sp³-hybridized carbons (Fsp3) is 0.667. The average molecular weight is 397 g/mol. The van der Waals surface area contributed by atoms with E-state index in [0.29, 0.717) is 23.4 Å². The first-order valence-corrected chi connectivity index (χ1v) is 11.2. The van der Waals surface area contributed by atoms with Crippen molar-refractivity contribution < 1.29 is 4.79 Å². The van der Waals surface area contributed by atoms with Gasteiger partial charge in [-0.1, -0.05) is 38.8 Å². The molecule has 0 aromatic heterocycles. The monoisotopic (exact) mass is 396 g/mol. The highest BCUT2D eigenvalue weighted by atomic mass is 16.2. The molecule has 1 N–H and O–H groups in total. The summed E-state index contributed by atoms with van der Waals surface area (Å²) in [4.78, 5) is 17.7. The fourth-order valence-electron chi connectivity index (χ4n) is 4.73. The third-order valence-electron chi connectivity index (χ3n) is 7.07. The molecule has 1 aromatic carbocycles. The van der Waals surface area contributed by atoms with Crippen LogP contribution in [0.5, 0.6) is 0 Å². The quantitative estimate of drug-likeness (QED) is 0.829. The van der Waals surface area contributed by atoms with Gasteiger partial charge in [-0.25, -0.2) is 0 Å². The van der Waals surface area contributed by atoms with Gasteiger partial charge in [0.1, 0.15) is 0 Å². The number of benzene rings is 1. The van der Waals surface area contributed by atoms with Gasteiger partial charge in [-0.3, -0.25) is 14.6 Å². The molecule has 2 fully saturated rings. The van der Waals surface area contributed by atoms with Crippen LogP contribution in [0.2, 0.25) is 0 Å². The van der Waals surface area contributed by atoms with Gasteiger partial charge in [-0.2, -0.15) is 5.26 Å². The van der Waals surface area contributed by atoms with Crippen LogP contribution in [0.1, 0.15) is 57.6 Å². The van der Waals surface area contributed by atoms with Crippen LogP contribution in [0.25, 0.3) is 0 Å². The Hall–Kier alpha value is -1.90. The SMILES string of the molecule is CC1CCCC(NC(=O)C(C)N2CCCN(Cc3ccc(C#N)cc3)CC2)C1C. The number of nitrogens with one attached hydrogen (secondary N) is 1. The molecule has 1 amide bonds. The Kier molecular flexibility index (Phi) is 7.69. The molecule has 1 saturated heterocycles. The Morgan fingerprint density at radius 1 is 1.14 bits per heavy atom. The molecule has 5 heteroatoms. The smallest absolute Gasteiger partial charge is 0.237 e. The molecule has 158 valence electrons. The van der Waals surface area contributed by atoms with Crippen LogP contribution in [-0.4, -0.2) is 54.0 Å². The molecule has 1 saturated carbocycles. The van der Waals surface area contributed by atoms with Crippen LogP contribution in [0.3, 0.4) is 0 Å². The topological polar surface area (TPSA) is 59.4 Å². The number of carbonyl (C=O) groups is 1. The third kappa shape index (κ3) is 5.81. The second-order valence-electron chi connectivity index (χ2n) is 9.03. The molecule has 0 radical (unpaired) electrons. The first-order valence-electron chi connectivity index (χ1n) is 11.2. The van der Waals surface area contributed by atoms with Crippen LogP contribution >= 0.6 is 0 Å². The van der Waals surface area contributed by atoms with Crippen molar-refractivity contribution >= 4 is 5.91 Å². The summed E-state index contributed by atoms with van der Waals surface area (Å²) >= 11 is 0. The van der Waals surface area contributed by atoms with Gasteiger partial charge in [0.2, 0.25) is 5.91 Å². The molecule has 5 nitrogen and oxygen atoms in total. The van der Waals surface area contributed by atoms with Gasteiger partial charge in [0, 0.05) is 32.2 Å². The van der Waals surface area contributed by atoms with Crippen molar-refractivity contribution in [3.63, 3.8) is 0 Å². The normalized spacial score (nSPS) is 27.6. The molecule has 0 bridgehead atoms. The van der Waals surface area contributed by atoms with E-state index in [4.69, 9.17) is 5.26 Å². The van der Waals surface area contributed by atoms with Crippen LogP contribution in [-0.2, 0) is 11.3 Å². The van der Waals surface area contributed by atoms with E-state index in [1.165, 1.54) is 18.4 Å². The molecule has 2 aliphatic rings. The molecule has 3 rings (SSSR count). The number of nitriles is 1. The van der Waals surface area contributed by atoms with E-state index in [1.54, 1.807) is 0 Å². The Morgan fingerprint density at radius 2 is 1.90 bits per heavy atom. The van der Waals surface area contributed by atoms with Crippen molar-refractivity contribution in [3.05, 3.63) is 35.4 Å². The van der Waals surface area contributed by atoms with E-state index >= 15 is 0 Å². The lowest BCUT2D eigenvalue weighted by molar-refractivity contribution is -0.127. The summed E-state index contributed by atoms with van der Waals surface area (Å²) in [5.74, 6) is 1.45. The van der Waals surface area contributed by atoms with Crippen molar-refractivity contribution in [2.24, 2.45) is 11.8 Å². The minimum atomic E-state index is -0.0747. The summed E-state index contributed by atoms with van der Waals surface area (Å²) in [7, 11) is 0. The highest BCUT2D eigenvalue weighted by molar-refractivity contribution is 5.81. The zero-order chi connectivity index (χ0) is 20.8. The van der Waals surface area contributed by atoms with Gasteiger partial charge in [0.05, 0.1) is 17.7 Å². The van der Waals surface area contributed by atoms with Crippen molar-refractivity contribution in [2.75, 3.05) is 26.2 Å². The van der Waals surface area contributed by atoms with Crippen LogP contribution < -0.4 is 5.32 Å². The van der Waals surface area contributed by atoms with Crippen LogP contribution in [0, 0.1) is 23.2 Å². The summed E-state index contributed by atoms with van der Waals surface area (Å²) in [5, 5.41) is 12.3. The highest BCUT2D eigenvalue weighted by Crippen LogP contribution is 2.29. The molecule has 0 spiro atoms. The lowest BCUT2D eigenvalue weighted by atomic mass is 9.78. The zero-order valence-corrected chi connectivity index (χ0v) is 18.2. The second-order valence-corrected chi connectivity index (χ2v) is 9.03. The number of amides is 1. The minimum absolute atomic E-state index is 0.0747. The fourth-order valence-corrected chi connectivity index (χ4v) is 4.73. The highest BCUT2D eigenvalue weighted by Gasteiger charge is 2.31. The van der Waals surface area contributed by atoms with Gasteiger partial charge in [-0.05, 0) is 55.8 Å². The van der Waals surface area contributed by atoms with Crippen molar-refractivity contribution in [1.29, 1.82) is 5.26 Å². The molecule has 1 heterocycles. The largest absolute Gasteiger partial charge is 0.352 e. The van der Waals surface area contributed by atoms with Crippen molar-refractivity contribution in [1.82, 2.24) is 15.1 Å². The number of carbonyl (C=O) groups excluding carboxylic acids is 1. The molecule has 1 aliphatic carbocycles. The predicted molar refractivity (Wildman–Crippen MR) is 116 cm³/mol. The van der Waals surface area contributed by atoms with Crippen molar-refractivity contribution in [2.45, 2.75) is 65.1 Å². The summed E-state index contributed by atoms with van der Waals surface area (Å²) < 4.78 is 0. The molecule has 4 atom stereocenters. The standard InChI is InChI=1S/C24H36N4O/c1-18-6-4-7-23(19(18)2)26-24(29)20(3)28-13-5-12-27(14-15-28)17-22-10-8-21(16-25)9-11-22/h8-11,18-20,23H,4-7,12-15,17H2,1-3H3,(H,26,29). The summed E-state index contributed by atoms with van der Waals surface area (Å²) in [5.41, 5.74) is 1.95. The first-order chi connectivity index (χ1) is 14.0. The third-order valence-corrected chi connectivity index (χ3v) is 7.07. The maximum atomic E-state index is 12.9. The summed E-state index contributed by atoms with van der Waals surface area (Å²) in [6, 6.07) is 10.3. The first kappa shape index (κ1) is 21.8. The molecule has 1 aromatic rings. The maximum Gasteiger partial charge on any atom is 0.237 e. The molecular weight excluding hydrogens is 360 g/mol. The van der Waals surface area contributed by atoms with Gasteiger partial charge in [0.15, 0.2) is 0 Å². The van der Waals surface area contributed by atoms with Gasteiger partial charge in [0.25, 0.3) is 0 Å². The molecule has 1 aliphatic heterocycles. The molecule has 29 heavy (non-hydrogen) atoms. The van der Waals surface area contributed by atoms with Crippen LogP contribution in [0.4, 0.5) is 0 Å². The Morgan fingerprint density at radius 3 is 2.62 bits per heavy atom. The Balaban J connectivity index is 1.50. The van der Waals surface area contributed by atoms with E-state index < -0.39 is 0 Å². The number of hydrogen-bond donors (Lipinski definition) is 1. The minimum Gasteiger partial charge on any atom is -0.352 e.